The molecule has 1 atom stereocenters. The first-order valence-electron chi connectivity index (χ1n) is 5.01. The van der Waals surface area contributed by atoms with Gasteiger partial charge in [0, 0.05) is 12.2 Å². The van der Waals surface area contributed by atoms with Crippen molar-refractivity contribution < 1.29 is 5.11 Å². The minimum atomic E-state index is -0.0182. The normalized spacial score (nSPS) is 21.5. The number of pyridine rings is 1. The average molecular weight is 203 g/mol. The Morgan fingerprint density at radius 2 is 2.47 bits per heavy atom. The largest absolute Gasteiger partial charge is 0.505 e. The zero-order valence-corrected chi connectivity index (χ0v) is 8.64. The molecule has 1 fully saturated rings. The molecule has 0 bridgehead atoms. The summed E-state index contributed by atoms with van der Waals surface area (Å²) in [6.07, 6.45) is 3.94. The summed E-state index contributed by atoms with van der Waals surface area (Å²) in [6.45, 7) is 1.07. The molecule has 4 nitrogen and oxygen atoms in total. The fourth-order valence-corrected chi connectivity index (χ4v) is 2.07. The van der Waals surface area contributed by atoms with Crippen LogP contribution in [0.3, 0.4) is 0 Å². The summed E-state index contributed by atoms with van der Waals surface area (Å²) >= 11 is 0. The third-order valence-corrected chi connectivity index (χ3v) is 2.90. The van der Waals surface area contributed by atoms with Gasteiger partial charge >= 0.3 is 0 Å². The zero-order valence-electron chi connectivity index (χ0n) is 8.64. The van der Waals surface area contributed by atoms with Crippen LogP contribution in [0.15, 0.2) is 12.3 Å². The second-order valence-electron chi connectivity index (χ2n) is 3.89. The molecule has 2 heterocycles. The number of aromatic hydroxyl groups is 1. The molecule has 1 aliphatic rings. The monoisotopic (exact) mass is 203 g/mol. The van der Waals surface area contributed by atoms with E-state index in [2.05, 4.69) is 16.9 Å². The van der Waals surface area contributed by atoms with Gasteiger partial charge in [0.1, 0.15) is 6.07 Å². The molecule has 1 aromatic heterocycles. The van der Waals surface area contributed by atoms with Gasteiger partial charge in [-0.25, -0.2) is 4.98 Å². The van der Waals surface area contributed by atoms with E-state index in [0.717, 1.165) is 18.5 Å². The van der Waals surface area contributed by atoms with Crippen molar-refractivity contribution in [2.45, 2.75) is 18.9 Å². The van der Waals surface area contributed by atoms with Crippen LogP contribution < -0.4 is 0 Å². The Labute approximate surface area is 88.8 Å². The zero-order chi connectivity index (χ0) is 10.8. The van der Waals surface area contributed by atoms with E-state index < -0.39 is 0 Å². The highest BCUT2D eigenvalue weighted by molar-refractivity contribution is 5.39. The van der Waals surface area contributed by atoms with Gasteiger partial charge in [0.05, 0.1) is 0 Å². The van der Waals surface area contributed by atoms with Gasteiger partial charge in [-0.3, -0.25) is 4.90 Å². The first-order valence-corrected chi connectivity index (χ1v) is 5.01. The summed E-state index contributed by atoms with van der Waals surface area (Å²) in [6, 6.07) is 3.83. The maximum absolute atomic E-state index is 9.53. The first kappa shape index (κ1) is 9.94. The number of nitrogens with zero attached hydrogens (tertiary/aromatic N) is 3. The molecule has 0 saturated carbocycles. The molecule has 0 spiro atoms. The topological polar surface area (TPSA) is 60.2 Å². The summed E-state index contributed by atoms with van der Waals surface area (Å²) in [5.74, 6) is -0.0182. The fraction of sp³-hybridized carbons (Fsp3) is 0.455. The molecule has 2 rings (SSSR count). The van der Waals surface area contributed by atoms with Crippen molar-refractivity contribution in [3.8, 4) is 11.8 Å². The van der Waals surface area contributed by atoms with Crippen molar-refractivity contribution in [1.29, 1.82) is 5.26 Å². The quantitative estimate of drug-likeness (QED) is 0.750. The van der Waals surface area contributed by atoms with E-state index in [-0.39, 0.29) is 11.4 Å². The van der Waals surface area contributed by atoms with E-state index in [1.807, 2.05) is 6.07 Å². The van der Waals surface area contributed by atoms with Crippen LogP contribution in [0.25, 0.3) is 0 Å². The lowest BCUT2D eigenvalue weighted by Crippen LogP contribution is -2.17. The third kappa shape index (κ3) is 1.79. The Hall–Kier alpha value is -1.60. The fourth-order valence-electron chi connectivity index (χ4n) is 2.07. The molecular formula is C11H13N3O. The lowest BCUT2D eigenvalue weighted by Gasteiger charge is -2.19. The van der Waals surface area contributed by atoms with Crippen LogP contribution in [0.1, 0.15) is 30.1 Å². The third-order valence-electron chi connectivity index (χ3n) is 2.90. The lowest BCUT2D eigenvalue weighted by molar-refractivity contribution is 0.316. The van der Waals surface area contributed by atoms with Crippen LogP contribution >= 0.6 is 0 Å². The Kier molecular flexibility index (Phi) is 2.57. The molecule has 1 aliphatic heterocycles. The van der Waals surface area contributed by atoms with Crippen LogP contribution in [-0.4, -0.2) is 28.6 Å². The van der Waals surface area contributed by atoms with Crippen molar-refractivity contribution in [2.24, 2.45) is 0 Å². The van der Waals surface area contributed by atoms with Gasteiger partial charge in [-0.15, -0.1) is 0 Å². The molecular weight excluding hydrogens is 190 g/mol. The second-order valence-corrected chi connectivity index (χ2v) is 3.89. The molecule has 78 valence electrons. The number of aromatic nitrogens is 1. The van der Waals surface area contributed by atoms with Crippen LogP contribution in [-0.2, 0) is 0 Å². The van der Waals surface area contributed by atoms with Crippen LogP contribution in [0.2, 0.25) is 0 Å². The molecule has 0 aromatic carbocycles. The van der Waals surface area contributed by atoms with Crippen LogP contribution in [0.4, 0.5) is 0 Å². The molecule has 0 amide bonds. The molecule has 0 aliphatic carbocycles. The molecule has 1 saturated heterocycles. The van der Waals surface area contributed by atoms with Gasteiger partial charge in [-0.05, 0) is 38.1 Å². The van der Waals surface area contributed by atoms with Gasteiger partial charge in [-0.2, -0.15) is 5.26 Å². The predicted molar refractivity (Wildman–Crippen MR) is 55.2 cm³/mol. The van der Waals surface area contributed by atoms with Gasteiger partial charge < -0.3 is 5.11 Å². The Morgan fingerprint density at radius 1 is 1.67 bits per heavy atom. The second kappa shape index (κ2) is 3.87. The molecule has 0 radical (unpaired) electrons. The van der Waals surface area contributed by atoms with Crippen LogP contribution in [0.5, 0.6) is 5.75 Å². The summed E-state index contributed by atoms with van der Waals surface area (Å²) in [4.78, 5) is 6.18. The van der Waals surface area contributed by atoms with Gasteiger partial charge in [0.15, 0.2) is 11.4 Å². The van der Waals surface area contributed by atoms with E-state index >= 15 is 0 Å². The SMILES string of the molecule is CN1CCCC1c1cnc(C#N)c(O)c1. The van der Waals surface area contributed by atoms with E-state index in [4.69, 9.17) is 5.26 Å². The first-order chi connectivity index (χ1) is 7.22. The van der Waals surface area contributed by atoms with Crippen molar-refractivity contribution >= 4 is 0 Å². The summed E-state index contributed by atoms with van der Waals surface area (Å²) in [5.41, 5.74) is 1.09. The van der Waals surface area contributed by atoms with Gasteiger partial charge in [-0.1, -0.05) is 0 Å². The maximum atomic E-state index is 9.53. The highest BCUT2D eigenvalue weighted by Crippen LogP contribution is 2.31. The van der Waals surface area contributed by atoms with E-state index in [1.54, 1.807) is 12.3 Å². The minimum Gasteiger partial charge on any atom is -0.505 e. The smallest absolute Gasteiger partial charge is 0.182 e. The average Bonchev–Trinajstić information content (AvgIpc) is 2.64. The number of nitriles is 1. The van der Waals surface area contributed by atoms with E-state index in [0.29, 0.717) is 6.04 Å². The summed E-state index contributed by atoms with van der Waals surface area (Å²) in [7, 11) is 2.06. The summed E-state index contributed by atoms with van der Waals surface area (Å²) in [5, 5.41) is 18.2. The van der Waals surface area contributed by atoms with Gasteiger partial charge in [0.2, 0.25) is 0 Å². The van der Waals surface area contributed by atoms with E-state index in [1.165, 1.54) is 6.42 Å². The number of hydrogen-bond acceptors (Lipinski definition) is 4. The van der Waals surface area contributed by atoms with Crippen molar-refractivity contribution in [1.82, 2.24) is 9.88 Å². The Bertz CT molecular complexity index is 411. The summed E-state index contributed by atoms with van der Waals surface area (Å²) < 4.78 is 0. The molecule has 1 N–H and O–H groups in total. The van der Waals surface area contributed by atoms with Crippen LogP contribution in [0, 0.1) is 11.3 Å². The molecule has 4 heteroatoms. The molecule has 1 aromatic rings. The maximum Gasteiger partial charge on any atom is 0.182 e. The van der Waals surface area contributed by atoms with Crippen molar-refractivity contribution in [2.75, 3.05) is 13.6 Å². The molecule has 1 unspecified atom stereocenters. The number of likely N-dealkylation sites (tertiary alicyclic amines) is 1. The van der Waals surface area contributed by atoms with E-state index in [9.17, 15) is 5.11 Å². The number of rotatable bonds is 1. The standard InChI is InChI=1S/C11H13N3O/c1-14-4-2-3-10(14)8-5-11(15)9(6-12)13-7-8/h5,7,10,15H,2-4H2,1H3. The minimum absolute atomic E-state index is 0.0182. The highest BCUT2D eigenvalue weighted by Gasteiger charge is 2.23. The van der Waals surface area contributed by atoms with Crippen molar-refractivity contribution in [3.05, 3.63) is 23.5 Å². The van der Waals surface area contributed by atoms with Crippen molar-refractivity contribution in [3.63, 3.8) is 0 Å². The van der Waals surface area contributed by atoms with Gasteiger partial charge in [0.25, 0.3) is 0 Å². The number of hydrogen-bond donors (Lipinski definition) is 1. The lowest BCUT2D eigenvalue weighted by atomic mass is 10.1. The Balaban J connectivity index is 2.30. The molecule has 15 heavy (non-hydrogen) atoms. The highest BCUT2D eigenvalue weighted by atomic mass is 16.3. The Morgan fingerprint density at radius 3 is 3.00 bits per heavy atom. The predicted octanol–water partition coefficient (Wildman–Crippen LogP) is 1.43.